The van der Waals surface area contributed by atoms with Crippen molar-refractivity contribution in [3.8, 4) is 22.8 Å². The van der Waals surface area contributed by atoms with Gasteiger partial charge in [0, 0.05) is 31.3 Å². The van der Waals surface area contributed by atoms with E-state index < -0.39 is 0 Å². The lowest BCUT2D eigenvalue weighted by Crippen LogP contribution is -2.02. The molecule has 0 unspecified atom stereocenters. The highest BCUT2D eigenvalue weighted by Crippen LogP contribution is 2.35. The van der Waals surface area contributed by atoms with Gasteiger partial charge in [0.25, 0.3) is 0 Å². The van der Waals surface area contributed by atoms with E-state index in [0.29, 0.717) is 11.8 Å². The fourth-order valence-electron chi connectivity index (χ4n) is 3.97. The number of benzene rings is 2. The van der Waals surface area contributed by atoms with Crippen LogP contribution in [-0.2, 0) is 7.05 Å². The Morgan fingerprint density at radius 3 is 2.21 bits per heavy atom. The lowest BCUT2D eigenvalue weighted by atomic mass is 10.0. The van der Waals surface area contributed by atoms with Gasteiger partial charge in [0.15, 0.2) is 0 Å². The van der Waals surface area contributed by atoms with Gasteiger partial charge in [-0.2, -0.15) is 4.98 Å². The van der Waals surface area contributed by atoms with Crippen LogP contribution in [-0.4, -0.2) is 19.5 Å². The summed E-state index contributed by atoms with van der Waals surface area (Å²) in [7, 11) is 1.97. The van der Waals surface area contributed by atoms with Gasteiger partial charge in [0.1, 0.15) is 11.3 Å². The standard InChI is InChI=1S/C27H25N5O/c1-17-5-7-22(8-6-17)29-27-30-23-11-14-32(4)24(23)26(31-27)33-25-18(2)15-21(16-19(25)3)20-9-12-28-13-10-20/h5-16H,1-4H3,(H,29,30,31). The molecule has 0 amide bonds. The second-order valence-electron chi connectivity index (χ2n) is 8.28. The number of ether oxygens (including phenoxy) is 1. The number of anilines is 2. The van der Waals surface area contributed by atoms with Crippen molar-refractivity contribution < 1.29 is 4.74 Å². The van der Waals surface area contributed by atoms with Crippen molar-refractivity contribution >= 4 is 22.7 Å². The van der Waals surface area contributed by atoms with Gasteiger partial charge in [0.05, 0.1) is 5.52 Å². The zero-order chi connectivity index (χ0) is 22.9. The van der Waals surface area contributed by atoms with Gasteiger partial charge in [-0.15, -0.1) is 0 Å². The molecule has 5 rings (SSSR count). The van der Waals surface area contributed by atoms with E-state index in [-0.39, 0.29) is 0 Å². The maximum atomic E-state index is 6.46. The van der Waals surface area contributed by atoms with Crippen LogP contribution < -0.4 is 10.1 Å². The van der Waals surface area contributed by atoms with Crippen LogP contribution in [0, 0.1) is 20.8 Å². The number of rotatable bonds is 5. The summed E-state index contributed by atoms with van der Waals surface area (Å²) >= 11 is 0. The third-order valence-electron chi connectivity index (χ3n) is 5.67. The molecule has 5 aromatic rings. The summed E-state index contributed by atoms with van der Waals surface area (Å²) in [6, 6.07) is 18.4. The van der Waals surface area contributed by atoms with Crippen LogP contribution in [0.3, 0.4) is 0 Å². The Hall–Kier alpha value is -4.19. The number of pyridine rings is 1. The van der Waals surface area contributed by atoms with Crippen molar-refractivity contribution in [3.05, 3.63) is 89.9 Å². The molecule has 1 N–H and O–H groups in total. The zero-order valence-electron chi connectivity index (χ0n) is 19.1. The van der Waals surface area contributed by atoms with Gasteiger partial charge in [-0.05, 0) is 85.5 Å². The lowest BCUT2D eigenvalue weighted by Gasteiger charge is -2.15. The third kappa shape index (κ3) is 4.15. The molecule has 0 spiro atoms. The van der Waals surface area contributed by atoms with E-state index in [4.69, 9.17) is 9.72 Å². The van der Waals surface area contributed by atoms with Crippen LogP contribution >= 0.6 is 0 Å². The zero-order valence-corrected chi connectivity index (χ0v) is 19.1. The van der Waals surface area contributed by atoms with E-state index in [0.717, 1.165) is 44.7 Å². The molecule has 33 heavy (non-hydrogen) atoms. The number of aryl methyl sites for hydroxylation is 4. The first kappa shape index (κ1) is 20.7. The Kier molecular flexibility index (Phi) is 5.26. The number of hydrogen-bond acceptors (Lipinski definition) is 5. The predicted octanol–water partition coefficient (Wildman–Crippen LogP) is 6.49. The summed E-state index contributed by atoms with van der Waals surface area (Å²) in [5.74, 6) is 1.82. The molecule has 2 aromatic carbocycles. The highest BCUT2D eigenvalue weighted by Gasteiger charge is 2.16. The van der Waals surface area contributed by atoms with Gasteiger partial charge < -0.3 is 14.6 Å². The van der Waals surface area contributed by atoms with Crippen LogP contribution in [0.15, 0.2) is 73.2 Å². The van der Waals surface area contributed by atoms with Gasteiger partial charge in [0.2, 0.25) is 11.8 Å². The summed E-state index contributed by atoms with van der Waals surface area (Å²) in [5, 5.41) is 3.30. The summed E-state index contributed by atoms with van der Waals surface area (Å²) in [6.07, 6.45) is 5.58. The topological polar surface area (TPSA) is 64.9 Å². The maximum absolute atomic E-state index is 6.46. The second kappa shape index (κ2) is 8.39. The predicted molar refractivity (Wildman–Crippen MR) is 132 cm³/mol. The first-order valence-electron chi connectivity index (χ1n) is 10.8. The smallest absolute Gasteiger partial charge is 0.249 e. The summed E-state index contributed by atoms with van der Waals surface area (Å²) in [4.78, 5) is 13.5. The van der Waals surface area contributed by atoms with Gasteiger partial charge in [-0.3, -0.25) is 4.98 Å². The van der Waals surface area contributed by atoms with Crippen molar-refractivity contribution in [2.75, 3.05) is 5.32 Å². The third-order valence-corrected chi connectivity index (χ3v) is 5.67. The number of hydrogen-bond donors (Lipinski definition) is 1. The van der Waals surface area contributed by atoms with Gasteiger partial charge >= 0.3 is 0 Å². The Labute approximate surface area is 192 Å². The Bertz CT molecular complexity index is 1420. The number of aromatic nitrogens is 4. The highest BCUT2D eigenvalue weighted by molar-refractivity contribution is 5.83. The minimum Gasteiger partial charge on any atom is -0.436 e. The molecule has 3 heterocycles. The van der Waals surface area contributed by atoms with Crippen LogP contribution in [0.25, 0.3) is 22.2 Å². The average Bonchev–Trinajstić information content (AvgIpc) is 3.19. The summed E-state index contributed by atoms with van der Waals surface area (Å²) < 4.78 is 8.44. The molecule has 0 fully saturated rings. The van der Waals surface area contributed by atoms with E-state index >= 15 is 0 Å². The van der Waals surface area contributed by atoms with Gasteiger partial charge in [-0.25, -0.2) is 4.98 Å². The van der Waals surface area contributed by atoms with E-state index in [1.807, 2.05) is 48.1 Å². The normalized spacial score (nSPS) is 11.0. The van der Waals surface area contributed by atoms with Crippen molar-refractivity contribution in [1.82, 2.24) is 19.5 Å². The van der Waals surface area contributed by atoms with E-state index in [1.165, 1.54) is 5.56 Å². The molecular formula is C27H25N5O. The molecule has 0 aliphatic rings. The number of nitrogens with zero attached hydrogens (tertiary/aromatic N) is 4. The van der Waals surface area contributed by atoms with E-state index in [1.54, 1.807) is 12.4 Å². The van der Waals surface area contributed by atoms with E-state index in [9.17, 15) is 0 Å². The molecule has 6 nitrogen and oxygen atoms in total. The molecular weight excluding hydrogens is 410 g/mol. The van der Waals surface area contributed by atoms with Crippen LogP contribution in [0.2, 0.25) is 0 Å². The largest absolute Gasteiger partial charge is 0.436 e. The fourth-order valence-corrected chi connectivity index (χ4v) is 3.97. The first-order valence-corrected chi connectivity index (χ1v) is 10.8. The molecule has 0 bridgehead atoms. The van der Waals surface area contributed by atoms with Crippen molar-refractivity contribution in [3.63, 3.8) is 0 Å². The molecule has 0 radical (unpaired) electrons. The Balaban J connectivity index is 1.54. The van der Waals surface area contributed by atoms with Crippen LogP contribution in [0.4, 0.5) is 11.6 Å². The monoisotopic (exact) mass is 435 g/mol. The second-order valence-corrected chi connectivity index (χ2v) is 8.28. The van der Waals surface area contributed by atoms with Crippen LogP contribution in [0.1, 0.15) is 16.7 Å². The summed E-state index contributed by atoms with van der Waals surface area (Å²) in [6.45, 7) is 6.18. The Morgan fingerprint density at radius 2 is 1.52 bits per heavy atom. The van der Waals surface area contributed by atoms with Gasteiger partial charge in [-0.1, -0.05) is 17.7 Å². The number of fused-ring (bicyclic) bond motifs is 1. The van der Waals surface area contributed by atoms with Crippen molar-refractivity contribution in [1.29, 1.82) is 0 Å². The van der Waals surface area contributed by atoms with E-state index in [2.05, 4.69) is 60.3 Å². The number of nitrogens with one attached hydrogen (secondary N) is 1. The quantitative estimate of drug-likeness (QED) is 0.342. The molecule has 0 saturated carbocycles. The Morgan fingerprint density at radius 1 is 0.818 bits per heavy atom. The lowest BCUT2D eigenvalue weighted by molar-refractivity contribution is 0.459. The minimum absolute atomic E-state index is 0.497. The van der Waals surface area contributed by atoms with Crippen LogP contribution in [0.5, 0.6) is 11.6 Å². The fraction of sp³-hybridized carbons (Fsp3) is 0.148. The molecule has 3 aromatic heterocycles. The molecule has 0 aliphatic heterocycles. The van der Waals surface area contributed by atoms with Crippen molar-refractivity contribution in [2.24, 2.45) is 7.05 Å². The average molecular weight is 436 g/mol. The van der Waals surface area contributed by atoms with Crippen molar-refractivity contribution in [2.45, 2.75) is 20.8 Å². The maximum Gasteiger partial charge on any atom is 0.249 e. The summed E-state index contributed by atoms with van der Waals surface area (Å²) in [5.41, 5.74) is 8.13. The molecule has 0 atom stereocenters. The molecule has 6 heteroatoms. The first-order chi connectivity index (χ1) is 16.0. The molecule has 164 valence electrons. The SMILES string of the molecule is Cc1ccc(Nc2nc(Oc3c(C)cc(-c4ccncc4)cc3C)c3c(ccn3C)n2)cc1. The highest BCUT2D eigenvalue weighted by atomic mass is 16.5. The molecule has 0 saturated heterocycles. The molecule has 0 aliphatic carbocycles. The minimum atomic E-state index is 0.497.